The number of anilines is 1. The first-order valence-electron chi connectivity index (χ1n) is 17.0. The second-order valence-electron chi connectivity index (χ2n) is 12.4. The summed E-state index contributed by atoms with van der Waals surface area (Å²) in [5, 5.41) is 9.39. The second-order valence-corrected chi connectivity index (χ2v) is 14.4. The Bertz CT molecular complexity index is 1960. The van der Waals surface area contributed by atoms with E-state index in [1.807, 2.05) is 42.5 Å². The summed E-state index contributed by atoms with van der Waals surface area (Å²) >= 11 is 2.89. The number of hydrogen-bond acceptors (Lipinski definition) is 10. The van der Waals surface area contributed by atoms with Crippen LogP contribution in [0.5, 0.6) is 11.5 Å². The molecule has 1 aliphatic heterocycles. The molecule has 8 nitrogen and oxygen atoms in total. The van der Waals surface area contributed by atoms with Crippen molar-refractivity contribution in [3.05, 3.63) is 100 Å². The smallest absolute Gasteiger partial charge is 0.340 e. The van der Waals surface area contributed by atoms with E-state index >= 15 is 0 Å². The Morgan fingerprint density at radius 3 is 2.47 bits per heavy atom. The summed E-state index contributed by atoms with van der Waals surface area (Å²) in [4.78, 5) is 36.0. The number of carbonyl (C=O) groups is 2. The molecular weight excluding hydrogens is 653 g/mol. The molecule has 0 N–H and O–H groups in total. The number of aromatic nitrogens is 1. The molecule has 1 unspecified atom stereocenters. The molecule has 10 heteroatoms. The highest BCUT2D eigenvalue weighted by atomic mass is 32.1. The number of azo groups is 1. The predicted molar refractivity (Wildman–Crippen MR) is 197 cm³/mol. The van der Waals surface area contributed by atoms with Crippen LogP contribution in [0.3, 0.4) is 0 Å². The molecule has 2 aromatic heterocycles. The molecule has 7 rings (SSSR count). The number of unbranched alkanes of at least 4 members (excludes halogenated alkanes) is 2. The van der Waals surface area contributed by atoms with Gasteiger partial charge in [0.25, 0.3) is 0 Å². The highest BCUT2D eigenvalue weighted by Gasteiger charge is 2.36. The van der Waals surface area contributed by atoms with Gasteiger partial charge in [-0.25, -0.2) is 9.78 Å². The Morgan fingerprint density at radius 1 is 0.939 bits per heavy atom. The minimum atomic E-state index is -0.634. The number of carbonyl (C=O) groups excluding carboxylic acids is 2. The van der Waals surface area contributed by atoms with Crippen LogP contribution in [-0.2, 0) is 11.2 Å². The number of benzene rings is 3. The Hall–Kier alpha value is -4.67. The summed E-state index contributed by atoms with van der Waals surface area (Å²) in [5.41, 5.74) is 3.91. The number of rotatable bonds is 12. The highest BCUT2D eigenvalue weighted by Crippen LogP contribution is 2.38. The van der Waals surface area contributed by atoms with E-state index in [0.717, 1.165) is 63.8 Å². The standard InChI is InChI=1S/C39H38N4O4S2/c1-2-3-9-22-46-29-16-18-30(19-17-29)47-38(45)34(33-23-26-10-5-6-11-32(26)36(33)44)24-31-25-35-37(48-31)40-39(49-35)42-41-27-12-14-28(15-13-27)43-20-7-4-8-21-43/h5-6,10-19,24-25,33H,2-4,7-9,20-23H2,1H3/b34-24+,42-41?. The Balaban J connectivity index is 1.08. The van der Waals surface area contributed by atoms with Gasteiger partial charge in [-0.3, -0.25) is 4.79 Å². The fraction of sp³-hybridized carbons (Fsp3) is 0.308. The zero-order chi connectivity index (χ0) is 33.6. The topological polar surface area (TPSA) is 93.4 Å². The maximum Gasteiger partial charge on any atom is 0.340 e. The lowest BCUT2D eigenvalue weighted by Gasteiger charge is -2.28. The molecule has 3 aromatic carbocycles. The predicted octanol–water partition coefficient (Wildman–Crippen LogP) is 10.4. The van der Waals surface area contributed by atoms with E-state index in [0.29, 0.717) is 35.0 Å². The normalized spacial score (nSPS) is 16.4. The third-order valence-electron chi connectivity index (χ3n) is 8.90. The van der Waals surface area contributed by atoms with E-state index < -0.39 is 11.9 Å². The van der Waals surface area contributed by atoms with Gasteiger partial charge in [-0.15, -0.1) is 21.6 Å². The van der Waals surface area contributed by atoms with Gasteiger partial charge >= 0.3 is 5.97 Å². The molecule has 1 fully saturated rings. The van der Waals surface area contributed by atoms with E-state index in [1.54, 1.807) is 30.3 Å². The maximum atomic E-state index is 13.8. The first-order chi connectivity index (χ1) is 24.0. The first-order valence-corrected chi connectivity index (χ1v) is 18.6. The number of Topliss-reactive ketones (excluding diaryl/α,β-unsaturated/α-hetero) is 1. The van der Waals surface area contributed by atoms with Crippen LogP contribution in [0.1, 0.15) is 66.2 Å². The summed E-state index contributed by atoms with van der Waals surface area (Å²) in [5.74, 6) is -0.135. The summed E-state index contributed by atoms with van der Waals surface area (Å²) in [7, 11) is 0. The van der Waals surface area contributed by atoms with Crippen molar-refractivity contribution >= 4 is 66.5 Å². The SMILES string of the molecule is CCCCCOc1ccc(OC(=O)/C(=C/c2cc3sc(N=Nc4ccc(N5CCCCC5)cc4)nc3s2)C2Cc3ccccc3C2=O)cc1. The molecule has 1 atom stereocenters. The van der Waals surface area contributed by atoms with E-state index in [2.05, 4.69) is 39.2 Å². The number of fused-ring (bicyclic) bond motifs is 2. The van der Waals surface area contributed by atoms with Crippen LogP contribution < -0.4 is 14.4 Å². The van der Waals surface area contributed by atoms with Crippen LogP contribution in [0.2, 0.25) is 0 Å². The summed E-state index contributed by atoms with van der Waals surface area (Å²) in [6, 6.07) is 24.8. The van der Waals surface area contributed by atoms with Gasteiger partial charge in [-0.1, -0.05) is 55.4 Å². The molecule has 0 amide bonds. The molecule has 0 spiro atoms. The number of thiophene rings is 1. The quantitative estimate of drug-likeness (QED) is 0.0425. The molecular formula is C39H38N4O4S2. The van der Waals surface area contributed by atoms with Crippen molar-refractivity contribution in [1.82, 2.24) is 4.98 Å². The van der Waals surface area contributed by atoms with Crippen molar-refractivity contribution in [2.45, 2.75) is 51.9 Å². The van der Waals surface area contributed by atoms with Crippen LogP contribution >= 0.6 is 22.7 Å². The van der Waals surface area contributed by atoms with Gasteiger partial charge in [0.15, 0.2) is 5.78 Å². The summed E-state index contributed by atoms with van der Waals surface area (Å²) in [6.07, 6.45) is 9.25. The number of nitrogens with zero attached hydrogens (tertiary/aromatic N) is 4. The number of ether oxygens (including phenoxy) is 2. The Morgan fingerprint density at radius 2 is 1.71 bits per heavy atom. The molecule has 0 saturated carbocycles. The van der Waals surface area contributed by atoms with Crippen LogP contribution in [0, 0.1) is 5.92 Å². The van der Waals surface area contributed by atoms with Crippen molar-refractivity contribution in [3.8, 4) is 11.5 Å². The van der Waals surface area contributed by atoms with Crippen molar-refractivity contribution in [1.29, 1.82) is 0 Å². The van der Waals surface area contributed by atoms with E-state index in [4.69, 9.17) is 9.47 Å². The average molecular weight is 691 g/mol. The molecule has 1 saturated heterocycles. The first kappa shape index (κ1) is 32.9. The van der Waals surface area contributed by atoms with E-state index in [1.165, 1.54) is 47.6 Å². The van der Waals surface area contributed by atoms with Gasteiger partial charge in [0.1, 0.15) is 16.3 Å². The Kier molecular flexibility index (Phi) is 10.2. The largest absolute Gasteiger partial charge is 0.494 e. The lowest BCUT2D eigenvalue weighted by atomic mass is 9.94. The van der Waals surface area contributed by atoms with Gasteiger partial charge in [0.2, 0.25) is 5.13 Å². The molecule has 49 heavy (non-hydrogen) atoms. The number of esters is 1. The van der Waals surface area contributed by atoms with Gasteiger partial charge in [0.05, 0.1) is 28.5 Å². The molecule has 0 radical (unpaired) electrons. The zero-order valence-corrected chi connectivity index (χ0v) is 29.1. The molecule has 0 bridgehead atoms. The van der Waals surface area contributed by atoms with Crippen molar-refractivity contribution < 1.29 is 19.1 Å². The number of thiazole rings is 1. The van der Waals surface area contributed by atoms with Crippen molar-refractivity contribution in [3.63, 3.8) is 0 Å². The lowest BCUT2D eigenvalue weighted by Crippen LogP contribution is -2.29. The fourth-order valence-corrected chi connectivity index (χ4v) is 8.29. The van der Waals surface area contributed by atoms with Crippen molar-refractivity contribution in [2.24, 2.45) is 16.1 Å². The molecule has 5 aromatic rings. The van der Waals surface area contributed by atoms with Gasteiger partial charge < -0.3 is 14.4 Å². The van der Waals surface area contributed by atoms with Crippen molar-refractivity contribution in [2.75, 3.05) is 24.6 Å². The minimum Gasteiger partial charge on any atom is -0.494 e. The van der Waals surface area contributed by atoms with Gasteiger partial charge in [-0.05, 0) is 98.3 Å². The molecule has 3 heterocycles. The fourth-order valence-electron chi connectivity index (χ4n) is 6.30. The van der Waals surface area contributed by atoms with Gasteiger partial charge in [-0.2, -0.15) is 0 Å². The lowest BCUT2D eigenvalue weighted by molar-refractivity contribution is -0.130. The third kappa shape index (κ3) is 7.81. The van der Waals surface area contributed by atoms with E-state index in [-0.39, 0.29) is 5.78 Å². The Labute approximate surface area is 294 Å². The van der Waals surface area contributed by atoms with Crippen LogP contribution in [-0.4, -0.2) is 36.4 Å². The number of ketones is 1. The minimum absolute atomic E-state index is 0.0715. The second kappa shape index (κ2) is 15.3. The maximum absolute atomic E-state index is 13.8. The average Bonchev–Trinajstić information content (AvgIpc) is 3.80. The third-order valence-corrected chi connectivity index (χ3v) is 10.9. The van der Waals surface area contributed by atoms with Gasteiger partial charge in [0, 0.05) is 29.2 Å². The summed E-state index contributed by atoms with van der Waals surface area (Å²) < 4.78 is 12.6. The molecule has 1 aliphatic carbocycles. The highest BCUT2D eigenvalue weighted by molar-refractivity contribution is 7.29. The zero-order valence-electron chi connectivity index (χ0n) is 27.5. The summed E-state index contributed by atoms with van der Waals surface area (Å²) in [6.45, 7) is 5.01. The monoisotopic (exact) mass is 690 g/mol. The molecule has 250 valence electrons. The van der Waals surface area contributed by atoms with Crippen LogP contribution in [0.4, 0.5) is 16.5 Å². The van der Waals surface area contributed by atoms with Crippen LogP contribution in [0.15, 0.2) is 94.7 Å². The number of piperidine rings is 1. The number of hydrogen-bond donors (Lipinski definition) is 0. The molecule has 2 aliphatic rings. The van der Waals surface area contributed by atoms with Crippen LogP contribution in [0.25, 0.3) is 15.6 Å². The van der Waals surface area contributed by atoms with E-state index in [9.17, 15) is 9.59 Å².